The zero-order chi connectivity index (χ0) is 31.8. The van der Waals surface area contributed by atoms with Gasteiger partial charge in [0, 0.05) is 18.9 Å². The molecule has 0 saturated carbocycles. The van der Waals surface area contributed by atoms with Gasteiger partial charge in [0.05, 0.1) is 13.0 Å². The summed E-state index contributed by atoms with van der Waals surface area (Å²) in [5.74, 6) is -1.96. The van der Waals surface area contributed by atoms with Crippen LogP contribution in [0.5, 0.6) is 0 Å². The molecule has 0 saturated heterocycles. The SMILES string of the molecule is Cc1nccn1CCCCc1ccc(CC(=O)NC(CO)C(=O)NC(CCCCN)C(=O)NC(CC(C)C)C(=O)O)cc1. The quantitative estimate of drug-likeness (QED) is 0.123. The number of benzene rings is 1. The van der Waals surface area contributed by atoms with Gasteiger partial charge in [-0.2, -0.15) is 0 Å². The average molecular weight is 601 g/mol. The molecule has 0 radical (unpaired) electrons. The predicted octanol–water partition coefficient (Wildman–Crippen LogP) is 1.46. The zero-order valence-corrected chi connectivity index (χ0v) is 25.6. The molecule has 2 aromatic rings. The van der Waals surface area contributed by atoms with Crippen molar-refractivity contribution in [1.29, 1.82) is 0 Å². The van der Waals surface area contributed by atoms with E-state index in [1.165, 1.54) is 0 Å². The van der Waals surface area contributed by atoms with Gasteiger partial charge < -0.3 is 36.5 Å². The second-order valence-electron chi connectivity index (χ2n) is 11.3. The van der Waals surface area contributed by atoms with Crippen LogP contribution in [0.15, 0.2) is 36.7 Å². The molecule has 0 bridgehead atoms. The largest absolute Gasteiger partial charge is 0.480 e. The van der Waals surface area contributed by atoms with Crippen molar-refractivity contribution in [3.63, 3.8) is 0 Å². The Bertz CT molecular complexity index is 1170. The number of aryl methyl sites for hydroxylation is 3. The van der Waals surface area contributed by atoms with Gasteiger partial charge in [-0.25, -0.2) is 9.78 Å². The molecule has 3 amide bonds. The van der Waals surface area contributed by atoms with Crippen LogP contribution in [0.1, 0.15) is 69.3 Å². The molecular formula is C31H48N6O6. The number of carbonyl (C=O) groups excluding carboxylic acids is 3. The number of aromatic nitrogens is 2. The predicted molar refractivity (Wildman–Crippen MR) is 163 cm³/mol. The number of nitrogens with zero attached hydrogens (tertiary/aromatic N) is 2. The molecule has 0 spiro atoms. The molecule has 7 N–H and O–H groups in total. The summed E-state index contributed by atoms with van der Waals surface area (Å²) in [4.78, 5) is 54.5. The third kappa shape index (κ3) is 13.0. The summed E-state index contributed by atoms with van der Waals surface area (Å²) < 4.78 is 2.13. The minimum atomic E-state index is -1.28. The van der Waals surface area contributed by atoms with Gasteiger partial charge in [0.1, 0.15) is 23.9 Å². The molecule has 0 aliphatic rings. The summed E-state index contributed by atoms with van der Waals surface area (Å²) in [7, 11) is 0. The monoisotopic (exact) mass is 600 g/mol. The fourth-order valence-electron chi connectivity index (χ4n) is 4.70. The highest BCUT2D eigenvalue weighted by Crippen LogP contribution is 2.11. The number of nitrogens with one attached hydrogen (secondary N) is 3. The Balaban J connectivity index is 1.90. The van der Waals surface area contributed by atoms with E-state index < -0.39 is 48.4 Å². The van der Waals surface area contributed by atoms with Gasteiger partial charge >= 0.3 is 5.97 Å². The number of unbranched alkanes of at least 4 members (excludes halogenated alkanes) is 2. The van der Waals surface area contributed by atoms with Crippen molar-refractivity contribution >= 4 is 23.7 Å². The molecule has 0 aliphatic carbocycles. The van der Waals surface area contributed by atoms with E-state index in [-0.39, 0.29) is 25.2 Å². The lowest BCUT2D eigenvalue weighted by atomic mass is 10.0. The van der Waals surface area contributed by atoms with Crippen LogP contribution in [0.25, 0.3) is 0 Å². The molecule has 0 aliphatic heterocycles. The van der Waals surface area contributed by atoms with Gasteiger partial charge in [-0.05, 0) is 75.5 Å². The van der Waals surface area contributed by atoms with Crippen molar-refractivity contribution in [3.8, 4) is 0 Å². The number of amides is 3. The molecule has 1 heterocycles. The molecule has 1 aromatic heterocycles. The number of imidazole rings is 1. The van der Waals surface area contributed by atoms with Gasteiger partial charge in [-0.3, -0.25) is 14.4 Å². The number of carbonyl (C=O) groups is 4. The summed E-state index contributed by atoms with van der Waals surface area (Å²) in [5.41, 5.74) is 7.49. The zero-order valence-electron chi connectivity index (χ0n) is 25.6. The summed E-state index contributed by atoms with van der Waals surface area (Å²) in [6, 6.07) is 4.28. The molecular weight excluding hydrogens is 552 g/mol. The Kier molecular flexibility index (Phi) is 15.4. The molecule has 3 unspecified atom stereocenters. The van der Waals surface area contributed by atoms with Crippen LogP contribution < -0.4 is 21.7 Å². The standard InChI is InChI=1S/C31H48N6O6/c1-21(2)18-26(31(42)43)36-29(40)25(9-4-6-14-32)35-30(41)27(20-38)34-28(39)19-24-12-10-23(11-13-24)8-5-7-16-37-17-15-33-22(37)3/h10-13,15,17,21,25-27,38H,4-9,14,16,18-20,32H2,1-3H3,(H,34,39)(H,35,41)(H,36,40)(H,42,43). The minimum Gasteiger partial charge on any atom is -0.480 e. The molecule has 12 heteroatoms. The summed E-state index contributed by atoms with van der Waals surface area (Å²) >= 11 is 0. The van der Waals surface area contributed by atoms with Gasteiger partial charge in [0.15, 0.2) is 0 Å². The lowest BCUT2D eigenvalue weighted by Crippen LogP contribution is -2.56. The lowest BCUT2D eigenvalue weighted by Gasteiger charge is -2.24. The van der Waals surface area contributed by atoms with E-state index in [9.17, 15) is 29.4 Å². The van der Waals surface area contributed by atoms with Crippen molar-refractivity contribution in [2.75, 3.05) is 13.2 Å². The van der Waals surface area contributed by atoms with Crippen molar-refractivity contribution in [2.45, 2.75) is 96.8 Å². The van der Waals surface area contributed by atoms with E-state index in [4.69, 9.17) is 5.73 Å². The minimum absolute atomic E-state index is 0.0138. The maximum absolute atomic E-state index is 13.0. The van der Waals surface area contributed by atoms with Crippen LogP contribution in [0.3, 0.4) is 0 Å². The molecule has 12 nitrogen and oxygen atoms in total. The maximum atomic E-state index is 13.0. The van der Waals surface area contributed by atoms with E-state index in [1.807, 2.05) is 51.2 Å². The second-order valence-corrected chi connectivity index (χ2v) is 11.3. The van der Waals surface area contributed by atoms with Gasteiger partial charge in [-0.1, -0.05) is 38.1 Å². The van der Waals surface area contributed by atoms with Crippen molar-refractivity contribution in [3.05, 3.63) is 53.6 Å². The van der Waals surface area contributed by atoms with E-state index in [0.29, 0.717) is 19.4 Å². The molecule has 238 valence electrons. The van der Waals surface area contributed by atoms with Crippen molar-refractivity contribution in [1.82, 2.24) is 25.5 Å². The van der Waals surface area contributed by atoms with Crippen LogP contribution in [0, 0.1) is 12.8 Å². The first-order valence-corrected chi connectivity index (χ1v) is 15.0. The number of aliphatic carboxylic acids is 1. The third-order valence-corrected chi connectivity index (χ3v) is 7.16. The lowest BCUT2D eigenvalue weighted by molar-refractivity contribution is -0.142. The van der Waals surface area contributed by atoms with Gasteiger partial charge in [-0.15, -0.1) is 0 Å². The van der Waals surface area contributed by atoms with Crippen LogP contribution in [-0.4, -0.2) is 74.7 Å². The van der Waals surface area contributed by atoms with E-state index >= 15 is 0 Å². The van der Waals surface area contributed by atoms with Crippen LogP contribution in [0.2, 0.25) is 0 Å². The number of carboxylic acids is 1. The number of nitrogens with two attached hydrogens (primary N) is 1. The first-order chi connectivity index (χ1) is 20.5. The molecule has 3 atom stereocenters. The summed E-state index contributed by atoms with van der Waals surface area (Å²) in [5, 5.41) is 26.9. The molecule has 1 aromatic carbocycles. The Labute approximate surface area is 253 Å². The van der Waals surface area contributed by atoms with Crippen molar-refractivity contribution in [2.24, 2.45) is 11.7 Å². The molecule has 2 rings (SSSR count). The van der Waals surface area contributed by atoms with Crippen LogP contribution >= 0.6 is 0 Å². The highest BCUT2D eigenvalue weighted by Gasteiger charge is 2.29. The first kappa shape index (κ1) is 35.4. The normalized spacial score (nSPS) is 13.3. The smallest absolute Gasteiger partial charge is 0.326 e. The van der Waals surface area contributed by atoms with Crippen LogP contribution in [0.4, 0.5) is 0 Å². The van der Waals surface area contributed by atoms with Gasteiger partial charge in [0.25, 0.3) is 0 Å². The highest BCUT2D eigenvalue weighted by atomic mass is 16.4. The number of hydrogen-bond acceptors (Lipinski definition) is 7. The number of aliphatic hydroxyl groups is 1. The van der Waals surface area contributed by atoms with Crippen molar-refractivity contribution < 1.29 is 29.4 Å². The van der Waals surface area contributed by atoms with Gasteiger partial charge in [0.2, 0.25) is 17.7 Å². The Morgan fingerprint density at radius 3 is 2.14 bits per heavy atom. The molecule has 43 heavy (non-hydrogen) atoms. The van der Waals surface area contributed by atoms with Crippen LogP contribution in [-0.2, 0) is 38.6 Å². The van der Waals surface area contributed by atoms with E-state index in [0.717, 1.165) is 42.8 Å². The Morgan fingerprint density at radius 2 is 1.56 bits per heavy atom. The highest BCUT2D eigenvalue weighted by molar-refractivity contribution is 5.93. The first-order valence-electron chi connectivity index (χ1n) is 15.0. The number of carboxylic acid groups (broad SMARTS) is 1. The van der Waals surface area contributed by atoms with E-state index in [1.54, 1.807) is 6.20 Å². The maximum Gasteiger partial charge on any atom is 0.326 e. The number of hydrogen-bond donors (Lipinski definition) is 6. The topological polar surface area (TPSA) is 189 Å². The summed E-state index contributed by atoms with van der Waals surface area (Å²) in [6.45, 7) is 6.32. The average Bonchev–Trinajstić information content (AvgIpc) is 3.37. The fourth-order valence-corrected chi connectivity index (χ4v) is 4.70. The number of rotatable bonds is 20. The Hall–Kier alpha value is -3.77. The third-order valence-electron chi connectivity index (χ3n) is 7.16. The fraction of sp³-hybridized carbons (Fsp3) is 0.581. The molecule has 0 fully saturated rings. The second kappa shape index (κ2) is 18.7. The Morgan fingerprint density at radius 1 is 0.907 bits per heavy atom. The summed E-state index contributed by atoms with van der Waals surface area (Å²) in [6.07, 6.45) is 8.34. The van der Waals surface area contributed by atoms with E-state index in [2.05, 4.69) is 25.5 Å². The number of aliphatic hydroxyl groups excluding tert-OH is 1.